The number of nitrogens with zero attached hydrogens (tertiary/aromatic N) is 3. The van der Waals surface area contributed by atoms with Crippen molar-refractivity contribution in [2.75, 3.05) is 6.54 Å². The van der Waals surface area contributed by atoms with Gasteiger partial charge in [0.1, 0.15) is 5.82 Å². The minimum atomic E-state index is -4.46. The number of hydrogen-bond donors (Lipinski definition) is 1. The van der Waals surface area contributed by atoms with E-state index in [-0.39, 0.29) is 28.1 Å². The van der Waals surface area contributed by atoms with Crippen LogP contribution in [0, 0.1) is 5.41 Å². The van der Waals surface area contributed by atoms with Crippen molar-refractivity contribution in [3.63, 3.8) is 0 Å². The second-order valence-electron chi connectivity index (χ2n) is 10.3. The maximum Gasteiger partial charge on any atom is 0.417 e. The molecule has 3 saturated carbocycles. The Morgan fingerprint density at radius 2 is 1.72 bits per heavy atom. The highest BCUT2D eigenvalue weighted by molar-refractivity contribution is 6.30. The third-order valence-electron chi connectivity index (χ3n) is 8.14. The lowest BCUT2D eigenvalue weighted by atomic mass is 9.53. The van der Waals surface area contributed by atoms with E-state index in [4.69, 9.17) is 11.6 Å². The molecule has 9 heteroatoms. The van der Waals surface area contributed by atoms with Crippen molar-refractivity contribution in [3.05, 3.63) is 70.5 Å². The van der Waals surface area contributed by atoms with Crippen LogP contribution in [0.4, 0.5) is 13.2 Å². The first kappa shape index (κ1) is 24.8. The Kier molecular flexibility index (Phi) is 6.35. The molecular formula is C27H28ClF3N4O. The van der Waals surface area contributed by atoms with Gasteiger partial charge in [-0.2, -0.15) is 13.2 Å². The van der Waals surface area contributed by atoms with Gasteiger partial charge in [-0.15, -0.1) is 10.2 Å². The summed E-state index contributed by atoms with van der Waals surface area (Å²) in [6.45, 7) is 0.630. The largest absolute Gasteiger partial charge is 0.417 e. The van der Waals surface area contributed by atoms with Crippen LogP contribution < -0.4 is 5.32 Å². The van der Waals surface area contributed by atoms with Gasteiger partial charge in [0.2, 0.25) is 5.91 Å². The number of hydrogen-bond acceptors (Lipinski definition) is 3. The molecule has 1 amide bonds. The van der Waals surface area contributed by atoms with E-state index in [1.807, 2.05) is 12.1 Å². The fourth-order valence-electron chi connectivity index (χ4n) is 6.00. The summed E-state index contributed by atoms with van der Waals surface area (Å²) in [6.07, 6.45) is 1.27. The van der Waals surface area contributed by atoms with Gasteiger partial charge in [-0.1, -0.05) is 41.9 Å². The Bertz CT molecular complexity index is 1260. The molecular weight excluding hydrogens is 489 g/mol. The van der Waals surface area contributed by atoms with Crippen LogP contribution in [0.25, 0.3) is 11.4 Å². The highest BCUT2D eigenvalue weighted by Gasteiger charge is 2.51. The molecule has 0 saturated heterocycles. The van der Waals surface area contributed by atoms with Crippen molar-refractivity contribution in [2.24, 2.45) is 12.5 Å². The number of nitrogens with one attached hydrogen (secondary N) is 1. The lowest BCUT2D eigenvalue weighted by Gasteiger charge is -2.52. The van der Waals surface area contributed by atoms with Crippen LogP contribution in [0.5, 0.6) is 0 Å². The second-order valence-corrected chi connectivity index (χ2v) is 10.7. The lowest BCUT2D eigenvalue weighted by Crippen LogP contribution is -2.50. The quantitative estimate of drug-likeness (QED) is 0.430. The molecule has 0 atom stereocenters. The van der Waals surface area contributed by atoms with Crippen LogP contribution in [-0.2, 0) is 29.9 Å². The minimum Gasteiger partial charge on any atom is -0.355 e. The average Bonchev–Trinajstić information content (AvgIpc) is 3.25. The summed E-state index contributed by atoms with van der Waals surface area (Å²) in [4.78, 5) is 12.5. The zero-order valence-electron chi connectivity index (χ0n) is 20.0. The number of carbonyl (C=O) groups excluding carboxylic acids is 1. The topological polar surface area (TPSA) is 59.8 Å². The first-order valence-corrected chi connectivity index (χ1v) is 12.6. The second kappa shape index (κ2) is 9.21. The molecule has 0 unspecified atom stereocenters. The summed E-state index contributed by atoms with van der Waals surface area (Å²) in [7, 11) is 1.76. The van der Waals surface area contributed by atoms with E-state index < -0.39 is 11.7 Å². The van der Waals surface area contributed by atoms with Gasteiger partial charge in [0.25, 0.3) is 0 Å². The summed E-state index contributed by atoms with van der Waals surface area (Å²) in [6, 6.07) is 12.8. The van der Waals surface area contributed by atoms with Crippen molar-refractivity contribution in [1.82, 2.24) is 20.1 Å². The summed E-state index contributed by atoms with van der Waals surface area (Å²) >= 11 is 6.02. The van der Waals surface area contributed by atoms with Crippen LogP contribution in [0.3, 0.4) is 0 Å². The van der Waals surface area contributed by atoms with E-state index in [0.29, 0.717) is 18.0 Å². The van der Waals surface area contributed by atoms with E-state index in [0.717, 1.165) is 56.0 Å². The third-order valence-corrected chi connectivity index (χ3v) is 8.37. The minimum absolute atomic E-state index is 0.0182. The predicted molar refractivity (Wildman–Crippen MR) is 131 cm³/mol. The van der Waals surface area contributed by atoms with Gasteiger partial charge >= 0.3 is 6.18 Å². The van der Waals surface area contributed by atoms with Gasteiger partial charge in [-0.05, 0) is 67.7 Å². The number of carbonyl (C=O) groups is 1. The van der Waals surface area contributed by atoms with Gasteiger partial charge in [0.15, 0.2) is 5.82 Å². The predicted octanol–water partition coefficient (Wildman–Crippen LogP) is 6.11. The van der Waals surface area contributed by atoms with Crippen LogP contribution in [0.1, 0.15) is 55.5 Å². The smallest absolute Gasteiger partial charge is 0.355 e. The maximum atomic E-state index is 13.6. The van der Waals surface area contributed by atoms with Crippen molar-refractivity contribution >= 4 is 17.5 Å². The zero-order valence-corrected chi connectivity index (χ0v) is 20.8. The van der Waals surface area contributed by atoms with Crippen molar-refractivity contribution in [1.29, 1.82) is 0 Å². The molecule has 0 spiro atoms. The molecule has 2 bridgehead atoms. The number of alkyl halides is 3. The summed E-state index contributed by atoms with van der Waals surface area (Å²) in [5.74, 6) is 0.978. The average molecular weight is 517 g/mol. The number of rotatable bonds is 6. The van der Waals surface area contributed by atoms with E-state index in [1.165, 1.54) is 12.1 Å². The monoisotopic (exact) mass is 516 g/mol. The van der Waals surface area contributed by atoms with E-state index in [2.05, 4.69) is 15.5 Å². The molecule has 1 N–H and O–H groups in total. The Morgan fingerprint density at radius 3 is 2.39 bits per heavy atom. The first-order valence-electron chi connectivity index (χ1n) is 12.2. The summed E-state index contributed by atoms with van der Waals surface area (Å²) < 4.78 is 42.5. The molecule has 36 heavy (non-hydrogen) atoms. The van der Waals surface area contributed by atoms with Crippen LogP contribution >= 0.6 is 11.6 Å². The molecule has 6 rings (SSSR count). The summed E-state index contributed by atoms with van der Waals surface area (Å²) in [5.41, 5.74) is 0.0832. The molecule has 190 valence electrons. The molecule has 3 aromatic rings. The molecule has 0 aliphatic heterocycles. The van der Waals surface area contributed by atoms with Gasteiger partial charge in [-0.25, -0.2) is 0 Å². The van der Waals surface area contributed by atoms with Gasteiger partial charge < -0.3 is 9.88 Å². The van der Waals surface area contributed by atoms with Gasteiger partial charge in [0.05, 0.1) is 12.0 Å². The fraction of sp³-hybridized carbons (Fsp3) is 0.444. The van der Waals surface area contributed by atoms with Crippen molar-refractivity contribution in [2.45, 2.75) is 56.5 Å². The fourth-order valence-corrected chi connectivity index (χ4v) is 6.21. The maximum absolute atomic E-state index is 13.6. The SMILES string of the molecule is Cn1c(-c2ccccc2C(F)(F)F)nnc1C12CCC(CNC(=O)Cc3cccc(Cl)c3)(CC1)CC2. The number of fused-ring (bicyclic) bond motifs is 3. The Balaban J connectivity index is 1.27. The standard InChI is InChI=1S/C27H28ClF3N4O/c1-35-23(20-7-2-3-8-21(20)27(29,30)31)33-34-24(35)26-12-9-25(10-13-26,11-14-26)17-32-22(36)16-18-5-4-6-19(28)15-18/h2-8,15H,9-14,16-17H2,1H3,(H,32,36). The Labute approximate surface area is 213 Å². The molecule has 3 fully saturated rings. The van der Waals surface area contributed by atoms with Gasteiger partial charge in [-0.3, -0.25) is 4.79 Å². The van der Waals surface area contributed by atoms with Crippen LogP contribution in [0.2, 0.25) is 5.02 Å². The summed E-state index contributed by atoms with van der Waals surface area (Å²) in [5, 5.41) is 12.4. The Hall–Kier alpha value is -2.87. The number of halogens is 4. The lowest BCUT2D eigenvalue weighted by molar-refractivity contribution is -0.137. The molecule has 1 heterocycles. The highest BCUT2D eigenvalue weighted by atomic mass is 35.5. The van der Waals surface area contributed by atoms with Crippen molar-refractivity contribution in [3.8, 4) is 11.4 Å². The third kappa shape index (κ3) is 4.63. The molecule has 0 radical (unpaired) electrons. The number of benzene rings is 2. The zero-order chi connectivity index (χ0) is 25.6. The molecule has 1 aromatic heterocycles. The number of aromatic nitrogens is 3. The molecule has 2 aromatic carbocycles. The van der Waals surface area contributed by atoms with Crippen LogP contribution in [-0.4, -0.2) is 27.2 Å². The Morgan fingerprint density at radius 1 is 1.03 bits per heavy atom. The number of amides is 1. The van der Waals surface area contributed by atoms with Crippen LogP contribution in [0.15, 0.2) is 48.5 Å². The van der Waals surface area contributed by atoms with E-state index >= 15 is 0 Å². The highest BCUT2D eigenvalue weighted by Crippen LogP contribution is 2.57. The normalized spacial score (nSPS) is 23.6. The molecule has 3 aliphatic carbocycles. The molecule has 3 aliphatic rings. The van der Waals surface area contributed by atoms with E-state index in [1.54, 1.807) is 29.8 Å². The first-order chi connectivity index (χ1) is 17.1. The van der Waals surface area contributed by atoms with Crippen molar-refractivity contribution < 1.29 is 18.0 Å². The van der Waals surface area contributed by atoms with E-state index in [9.17, 15) is 18.0 Å². The molecule has 5 nitrogen and oxygen atoms in total. The van der Waals surface area contributed by atoms with Gasteiger partial charge in [0, 0.05) is 29.6 Å².